The molecule has 0 saturated carbocycles. The standard InChI is InChI=1S/C15H12Cl2N4O/c16-13-5-9(6-14(17)21-13)7-18-8-11-15-10(1-3-19-11)12(22)2-4-20-15/h1,3-6,18H,2,7-8H2. The molecule has 0 saturated heterocycles. The summed E-state index contributed by atoms with van der Waals surface area (Å²) >= 11 is 11.7. The zero-order valence-corrected chi connectivity index (χ0v) is 13.0. The zero-order valence-electron chi connectivity index (χ0n) is 11.5. The Hall–Kier alpha value is -1.82. The summed E-state index contributed by atoms with van der Waals surface area (Å²) in [6.07, 6.45) is 3.60. The summed E-state index contributed by atoms with van der Waals surface area (Å²) in [5.74, 6) is 0.0707. The summed E-state index contributed by atoms with van der Waals surface area (Å²) in [4.78, 5) is 24.3. The topological polar surface area (TPSA) is 67.2 Å². The van der Waals surface area contributed by atoms with Crippen molar-refractivity contribution in [1.29, 1.82) is 0 Å². The summed E-state index contributed by atoms with van der Waals surface area (Å²) in [6.45, 7) is 1.05. The van der Waals surface area contributed by atoms with Crippen molar-refractivity contribution in [2.45, 2.75) is 19.5 Å². The molecule has 0 amide bonds. The van der Waals surface area contributed by atoms with Crippen LogP contribution in [0.25, 0.3) is 0 Å². The van der Waals surface area contributed by atoms with Gasteiger partial charge in [-0.25, -0.2) is 4.98 Å². The molecule has 112 valence electrons. The number of fused-ring (bicyclic) bond motifs is 1. The van der Waals surface area contributed by atoms with E-state index in [0.717, 1.165) is 11.3 Å². The van der Waals surface area contributed by atoms with Crippen LogP contribution in [0, 0.1) is 0 Å². The van der Waals surface area contributed by atoms with E-state index in [0.29, 0.717) is 41.1 Å². The van der Waals surface area contributed by atoms with Crippen molar-refractivity contribution < 1.29 is 4.79 Å². The highest BCUT2D eigenvalue weighted by Crippen LogP contribution is 2.26. The van der Waals surface area contributed by atoms with Gasteiger partial charge in [0, 0.05) is 37.5 Å². The first-order valence-electron chi connectivity index (χ1n) is 6.70. The van der Waals surface area contributed by atoms with E-state index in [2.05, 4.69) is 20.3 Å². The van der Waals surface area contributed by atoms with Crippen molar-refractivity contribution >= 4 is 40.9 Å². The first-order valence-corrected chi connectivity index (χ1v) is 7.45. The second kappa shape index (κ2) is 6.52. The minimum absolute atomic E-state index is 0.0707. The smallest absolute Gasteiger partial charge is 0.170 e. The number of rotatable bonds is 4. The number of pyridine rings is 2. The molecule has 1 aliphatic rings. The quantitative estimate of drug-likeness (QED) is 0.870. The van der Waals surface area contributed by atoms with Crippen molar-refractivity contribution in [1.82, 2.24) is 15.3 Å². The maximum Gasteiger partial charge on any atom is 0.170 e. The minimum Gasteiger partial charge on any atom is -0.307 e. The summed E-state index contributed by atoms with van der Waals surface area (Å²) < 4.78 is 0. The van der Waals surface area contributed by atoms with Crippen LogP contribution in [0.3, 0.4) is 0 Å². The molecule has 1 aliphatic heterocycles. The van der Waals surface area contributed by atoms with Crippen LogP contribution in [0.15, 0.2) is 29.4 Å². The van der Waals surface area contributed by atoms with Crippen molar-refractivity contribution in [2.75, 3.05) is 0 Å². The Balaban J connectivity index is 1.71. The van der Waals surface area contributed by atoms with E-state index in [1.165, 1.54) is 0 Å². The van der Waals surface area contributed by atoms with Crippen molar-refractivity contribution in [3.8, 4) is 0 Å². The Morgan fingerprint density at radius 1 is 1.18 bits per heavy atom. The largest absolute Gasteiger partial charge is 0.307 e. The fourth-order valence-corrected chi connectivity index (χ4v) is 2.77. The van der Waals surface area contributed by atoms with Gasteiger partial charge in [-0.1, -0.05) is 23.2 Å². The highest BCUT2D eigenvalue weighted by atomic mass is 35.5. The number of aliphatic imine (C=N–C) groups is 1. The molecule has 0 aromatic carbocycles. The molecule has 5 nitrogen and oxygen atoms in total. The molecule has 22 heavy (non-hydrogen) atoms. The molecule has 3 heterocycles. The fourth-order valence-electron chi connectivity index (χ4n) is 2.27. The van der Waals surface area contributed by atoms with Gasteiger partial charge in [0.05, 0.1) is 11.4 Å². The molecule has 1 N–H and O–H groups in total. The summed E-state index contributed by atoms with van der Waals surface area (Å²) in [6, 6.07) is 5.20. The molecule has 3 rings (SSSR count). The number of halogens is 2. The second-order valence-corrected chi connectivity index (χ2v) is 5.59. The average Bonchev–Trinajstić information content (AvgIpc) is 2.47. The van der Waals surface area contributed by atoms with Crippen LogP contribution in [0.4, 0.5) is 5.69 Å². The van der Waals surface area contributed by atoms with Crippen molar-refractivity contribution in [3.05, 3.63) is 51.5 Å². The number of nitrogens with zero attached hydrogens (tertiary/aromatic N) is 3. The number of hydrogen-bond acceptors (Lipinski definition) is 5. The number of Topliss-reactive ketones (excluding diaryl/α,β-unsaturated/α-hetero) is 1. The van der Waals surface area contributed by atoms with Gasteiger partial charge in [-0.3, -0.25) is 14.8 Å². The molecule has 0 bridgehead atoms. The lowest BCUT2D eigenvalue weighted by molar-refractivity contribution is 0.100. The van der Waals surface area contributed by atoms with Gasteiger partial charge in [-0.2, -0.15) is 0 Å². The summed E-state index contributed by atoms with van der Waals surface area (Å²) in [5, 5.41) is 3.96. The van der Waals surface area contributed by atoms with Crippen LogP contribution >= 0.6 is 23.2 Å². The Morgan fingerprint density at radius 2 is 1.95 bits per heavy atom. The van der Waals surface area contributed by atoms with Crippen LogP contribution in [-0.2, 0) is 13.1 Å². The number of ketones is 1. The van der Waals surface area contributed by atoms with Crippen LogP contribution in [-0.4, -0.2) is 22.0 Å². The molecule has 0 spiro atoms. The molecule has 0 radical (unpaired) electrons. The molecule has 0 fully saturated rings. The van der Waals surface area contributed by atoms with Gasteiger partial charge in [0.25, 0.3) is 0 Å². The molecule has 0 unspecified atom stereocenters. The van der Waals surface area contributed by atoms with Gasteiger partial charge >= 0.3 is 0 Å². The van der Waals surface area contributed by atoms with E-state index in [4.69, 9.17) is 23.2 Å². The zero-order chi connectivity index (χ0) is 15.5. The molecular formula is C15H12Cl2N4O. The van der Waals surface area contributed by atoms with Gasteiger partial charge < -0.3 is 5.32 Å². The first-order chi connectivity index (χ1) is 10.6. The Bertz CT molecular complexity index is 741. The Kier molecular flexibility index (Phi) is 4.47. The SMILES string of the molecule is O=C1CC=Nc2c1ccnc2CNCc1cc(Cl)nc(Cl)c1. The van der Waals surface area contributed by atoms with Gasteiger partial charge in [0.15, 0.2) is 5.78 Å². The van der Waals surface area contributed by atoms with E-state index < -0.39 is 0 Å². The molecule has 7 heteroatoms. The molecule has 2 aromatic rings. The van der Waals surface area contributed by atoms with E-state index >= 15 is 0 Å². The summed E-state index contributed by atoms with van der Waals surface area (Å²) in [5.41, 5.74) is 2.95. The lowest BCUT2D eigenvalue weighted by Crippen LogP contribution is -2.16. The second-order valence-electron chi connectivity index (χ2n) is 4.82. The summed E-state index contributed by atoms with van der Waals surface area (Å²) in [7, 11) is 0. The van der Waals surface area contributed by atoms with E-state index in [-0.39, 0.29) is 5.78 Å². The van der Waals surface area contributed by atoms with Crippen LogP contribution < -0.4 is 5.32 Å². The van der Waals surface area contributed by atoms with Crippen molar-refractivity contribution in [3.63, 3.8) is 0 Å². The van der Waals surface area contributed by atoms with Gasteiger partial charge in [-0.05, 0) is 23.8 Å². The van der Waals surface area contributed by atoms with Crippen LogP contribution in [0.1, 0.15) is 28.0 Å². The van der Waals surface area contributed by atoms with E-state index in [1.54, 1.807) is 30.6 Å². The number of carbonyl (C=O) groups excluding carboxylic acids is 1. The Morgan fingerprint density at radius 3 is 2.73 bits per heavy atom. The molecule has 2 aromatic heterocycles. The lowest BCUT2D eigenvalue weighted by Gasteiger charge is -2.13. The van der Waals surface area contributed by atoms with E-state index in [9.17, 15) is 4.79 Å². The van der Waals surface area contributed by atoms with Gasteiger partial charge in [-0.15, -0.1) is 0 Å². The first kappa shape index (κ1) is 15.1. The number of aromatic nitrogens is 2. The minimum atomic E-state index is 0.0707. The average molecular weight is 335 g/mol. The monoisotopic (exact) mass is 334 g/mol. The highest BCUT2D eigenvalue weighted by Gasteiger charge is 2.17. The lowest BCUT2D eigenvalue weighted by atomic mass is 10.0. The Labute approximate surface area is 137 Å². The molecular weight excluding hydrogens is 323 g/mol. The third-order valence-electron chi connectivity index (χ3n) is 3.24. The maximum atomic E-state index is 11.8. The van der Waals surface area contributed by atoms with Crippen molar-refractivity contribution in [2.24, 2.45) is 4.99 Å². The maximum absolute atomic E-state index is 11.8. The fraction of sp³-hybridized carbons (Fsp3) is 0.200. The van der Waals surface area contributed by atoms with E-state index in [1.807, 2.05) is 0 Å². The highest BCUT2D eigenvalue weighted by molar-refractivity contribution is 6.32. The third-order valence-corrected chi connectivity index (χ3v) is 3.63. The predicted octanol–water partition coefficient (Wildman–Crippen LogP) is 3.36. The number of nitrogens with one attached hydrogen (secondary N) is 1. The normalized spacial score (nSPS) is 13.3. The predicted molar refractivity (Wildman–Crippen MR) is 86.1 cm³/mol. The molecule has 0 atom stereocenters. The van der Waals surface area contributed by atoms with Crippen LogP contribution in [0.5, 0.6) is 0 Å². The van der Waals surface area contributed by atoms with Crippen LogP contribution in [0.2, 0.25) is 10.3 Å². The number of carbonyl (C=O) groups is 1. The van der Waals surface area contributed by atoms with Gasteiger partial charge in [0.2, 0.25) is 0 Å². The molecule has 0 aliphatic carbocycles. The van der Waals surface area contributed by atoms with Gasteiger partial charge in [0.1, 0.15) is 10.3 Å². The third kappa shape index (κ3) is 3.32. The number of hydrogen-bond donors (Lipinski definition) is 1.